The van der Waals surface area contributed by atoms with Gasteiger partial charge in [0.2, 0.25) is 0 Å². The van der Waals surface area contributed by atoms with E-state index in [0.29, 0.717) is 11.3 Å². The summed E-state index contributed by atoms with van der Waals surface area (Å²) in [6.07, 6.45) is 0.694. The van der Waals surface area contributed by atoms with Crippen molar-refractivity contribution in [2.24, 2.45) is 0 Å². The van der Waals surface area contributed by atoms with E-state index in [0.717, 1.165) is 16.7 Å². The average Bonchev–Trinajstić information content (AvgIpc) is 3.28. The van der Waals surface area contributed by atoms with Crippen LogP contribution in [0.5, 0.6) is 0 Å². The Morgan fingerprint density at radius 2 is 1.90 bits per heavy atom. The SMILES string of the molecule is O=C(O)CC[C@H](C(=O)O)N1C(=O)/C(=C/c2ccc(-c3cccc(C(=O)O)c3)o2)SC1=S. The first-order valence-corrected chi connectivity index (χ1v) is 10.0. The number of benzene rings is 1. The Hall–Kier alpha value is -3.44. The highest BCUT2D eigenvalue weighted by Crippen LogP contribution is 2.35. The molecule has 31 heavy (non-hydrogen) atoms. The van der Waals surface area contributed by atoms with Crippen LogP contribution in [0.15, 0.2) is 45.7 Å². The van der Waals surface area contributed by atoms with Gasteiger partial charge in [-0.05, 0) is 30.7 Å². The number of carbonyl (C=O) groups excluding carboxylic acids is 1. The molecule has 0 aliphatic carbocycles. The zero-order chi connectivity index (χ0) is 22.7. The summed E-state index contributed by atoms with van der Waals surface area (Å²) in [6, 6.07) is 7.95. The van der Waals surface area contributed by atoms with Crippen molar-refractivity contribution in [3.8, 4) is 11.3 Å². The number of carboxylic acids is 3. The molecule has 9 nitrogen and oxygen atoms in total. The molecule has 1 amide bonds. The number of thiocarbonyl (C=S) groups is 1. The second-order valence-corrected chi connectivity index (χ2v) is 8.10. The molecular weight excluding hydrogens is 446 g/mol. The van der Waals surface area contributed by atoms with Crippen molar-refractivity contribution in [3.63, 3.8) is 0 Å². The lowest BCUT2D eigenvalue weighted by Gasteiger charge is -2.22. The predicted octanol–water partition coefficient (Wildman–Crippen LogP) is 3.16. The van der Waals surface area contributed by atoms with Crippen LogP contribution < -0.4 is 0 Å². The Morgan fingerprint density at radius 1 is 1.16 bits per heavy atom. The molecule has 2 heterocycles. The summed E-state index contributed by atoms with van der Waals surface area (Å²) in [4.78, 5) is 47.3. The first-order valence-electron chi connectivity index (χ1n) is 8.82. The van der Waals surface area contributed by atoms with Crippen LogP contribution in [0.1, 0.15) is 29.0 Å². The van der Waals surface area contributed by atoms with E-state index in [9.17, 15) is 24.3 Å². The number of carboxylic acid groups (broad SMARTS) is 3. The van der Waals surface area contributed by atoms with Gasteiger partial charge in [-0.2, -0.15) is 0 Å². The van der Waals surface area contributed by atoms with E-state index in [-0.39, 0.29) is 27.0 Å². The molecule has 0 spiro atoms. The van der Waals surface area contributed by atoms with Gasteiger partial charge in [-0.3, -0.25) is 14.5 Å². The number of carbonyl (C=O) groups is 4. The number of hydrogen-bond acceptors (Lipinski definition) is 7. The van der Waals surface area contributed by atoms with Crippen molar-refractivity contribution in [1.82, 2.24) is 4.90 Å². The molecule has 3 N–H and O–H groups in total. The molecule has 160 valence electrons. The molecular formula is C20H15NO8S2. The lowest BCUT2D eigenvalue weighted by molar-refractivity contribution is -0.146. The van der Waals surface area contributed by atoms with Crippen LogP contribution in [-0.4, -0.2) is 54.4 Å². The summed E-state index contributed by atoms with van der Waals surface area (Å²) in [5.41, 5.74) is 0.629. The van der Waals surface area contributed by atoms with E-state index in [1.807, 2.05) is 0 Å². The summed E-state index contributed by atoms with van der Waals surface area (Å²) < 4.78 is 5.69. The van der Waals surface area contributed by atoms with E-state index in [4.69, 9.17) is 26.8 Å². The van der Waals surface area contributed by atoms with Crippen LogP contribution in [0.2, 0.25) is 0 Å². The Labute approximate surface area is 185 Å². The monoisotopic (exact) mass is 461 g/mol. The highest BCUT2D eigenvalue weighted by molar-refractivity contribution is 8.26. The van der Waals surface area contributed by atoms with E-state index in [2.05, 4.69) is 0 Å². The Kier molecular flexibility index (Phi) is 6.56. The molecule has 1 aromatic heterocycles. The maximum atomic E-state index is 12.7. The molecule has 1 aliphatic rings. The molecule has 1 atom stereocenters. The Balaban J connectivity index is 1.83. The molecule has 1 aromatic carbocycles. The minimum atomic E-state index is -1.39. The van der Waals surface area contributed by atoms with E-state index in [1.54, 1.807) is 24.3 Å². The summed E-state index contributed by atoms with van der Waals surface area (Å²) in [5.74, 6) is -3.59. The van der Waals surface area contributed by atoms with Gasteiger partial charge in [0.15, 0.2) is 0 Å². The number of aromatic carboxylic acids is 1. The smallest absolute Gasteiger partial charge is 0.335 e. The maximum absolute atomic E-state index is 12.7. The van der Waals surface area contributed by atoms with Crippen LogP contribution in [-0.2, 0) is 14.4 Å². The second-order valence-electron chi connectivity index (χ2n) is 6.43. The number of nitrogens with zero attached hydrogens (tertiary/aromatic N) is 1. The van der Waals surface area contributed by atoms with E-state index >= 15 is 0 Å². The van der Waals surface area contributed by atoms with Crippen molar-refractivity contribution in [2.45, 2.75) is 18.9 Å². The van der Waals surface area contributed by atoms with E-state index in [1.165, 1.54) is 18.2 Å². The van der Waals surface area contributed by atoms with Crippen LogP contribution in [0, 0.1) is 0 Å². The fourth-order valence-electron chi connectivity index (χ4n) is 2.89. The predicted molar refractivity (Wildman–Crippen MR) is 114 cm³/mol. The van der Waals surface area contributed by atoms with Gasteiger partial charge < -0.3 is 19.7 Å². The topological polar surface area (TPSA) is 145 Å². The molecule has 1 aliphatic heterocycles. The third-order valence-electron chi connectivity index (χ3n) is 4.35. The molecule has 0 saturated carbocycles. The average molecular weight is 461 g/mol. The summed E-state index contributed by atoms with van der Waals surface area (Å²) in [6.45, 7) is 0. The van der Waals surface area contributed by atoms with Gasteiger partial charge in [0, 0.05) is 18.1 Å². The molecule has 3 rings (SSSR count). The van der Waals surface area contributed by atoms with Crippen molar-refractivity contribution in [1.29, 1.82) is 0 Å². The van der Waals surface area contributed by atoms with Crippen LogP contribution in [0.4, 0.5) is 0 Å². The van der Waals surface area contributed by atoms with E-state index < -0.39 is 36.3 Å². The molecule has 1 saturated heterocycles. The van der Waals surface area contributed by atoms with Gasteiger partial charge in [-0.1, -0.05) is 36.1 Å². The molecule has 0 radical (unpaired) electrons. The standard InChI is InChI=1S/C20H15NO8S2/c22-16(23)7-5-13(19(27)28)21-17(24)15(31-20(21)30)9-12-4-6-14(29-12)10-2-1-3-11(8-10)18(25)26/h1-4,6,8-9,13H,5,7H2,(H,22,23)(H,25,26)(H,27,28)/b15-9-/t13-/m1/s1. The number of aliphatic carboxylic acids is 2. The number of thioether (sulfide) groups is 1. The Bertz CT molecular complexity index is 1120. The number of rotatable bonds is 8. The quantitative estimate of drug-likeness (QED) is 0.396. The normalized spacial score (nSPS) is 16.0. The van der Waals surface area contributed by atoms with Crippen LogP contribution >= 0.6 is 24.0 Å². The highest BCUT2D eigenvalue weighted by Gasteiger charge is 2.40. The molecule has 0 unspecified atom stereocenters. The highest BCUT2D eigenvalue weighted by atomic mass is 32.2. The van der Waals surface area contributed by atoms with Crippen molar-refractivity contribution in [2.75, 3.05) is 0 Å². The van der Waals surface area contributed by atoms with Gasteiger partial charge in [0.05, 0.1) is 10.5 Å². The zero-order valence-electron chi connectivity index (χ0n) is 15.7. The summed E-state index contributed by atoms with van der Waals surface area (Å²) in [5, 5.41) is 27.3. The Morgan fingerprint density at radius 3 is 2.55 bits per heavy atom. The lowest BCUT2D eigenvalue weighted by Crippen LogP contribution is -2.44. The van der Waals surface area contributed by atoms with Gasteiger partial charge in [-0.25, -0.2) is 9.59 Å². The molecule has 1 fully saturated rings. The third-order valence-corrected chi connectivity index (χ3v) is 5.68. The summed E-state index contributed by atoms with van der Waals surface area (Å²) >= 11 is 6.03. The van der Waals surface area contributed by atoms with Crippen LogP contribution in [0.3, 0.4) is 0 Å². The minimum absolute atomic E-state index is 0.00924. The van der Waals surface area contributed by atoms with Crippen molar-refractivity contribution >= 4 is 58.2 Å². The van der Waals surface area contributed by atoms with Crippen LogP contribution in [0.25, 0.3) is 17.4 Å². The second kappa shape index (κ2) is 9.14. The summed E-state index contributed by atoms with van der Waals surface area (Å²) in [7, 11) is 0. The van der Waals surface area contributed by atoms with Gasteiger partial charge >= 0.3 is 17.9 Å². The largest absolute Gasteiger partial charge is 0.481 e. The first kappa shape index (κ1) is 22.2. The number of amides is 1. The fourth-order valence-corrected chi connectivity index (χ4v) is 4.23. The van der Waals surface area contributed by atoms with Gasteiger partial charge in [0.1, 0.15) is 21.9 Å². The first-order chi connectivity index (χ1) is 14.7. The minimum Gasteiger partial charge on any atom is -0.481 e. The van der Waals surface area contributed by atoms with Crippen molar-refractivity contribution < 1.29 is 38.9 Å². The number of hydrogen-bond donors (Lipinski definition) is 3. The lowest BCUT2D eigenvalue weighted by atomic mass is 10.1. The van der Waals surface area contributed by atoms with Gasteiger partial charge in [-0.15, -0.1) is 0 Å². The molecule has 2 aromatic rings. The molecule has 0 bridgehead atoms. The fraction of sp³-hybridized carbons (Fsp3) is 0.150. The van der Waals surface area contributed by atoms with Crippen molar-refractivity contribution in [3.05, 3.63) is 52.6 Å². The molecule has 11 heteroatoms. The maximum Gasteiger partial charge on any atom is 0.335 e. The number of furan rings is 1. The third kappa shape index (κ3) is 5.01. The van der Waals surface area contributed by atoms with Gasteiger partial charge in [0.25, 0.3) is 5.91 Å². The zero-order valence-corrected chi connectivity index (χ0v) is 17.3.